The first kappa shape index (κ1) is 10.8. The van der Waals surface area contributed by atoms with Crippen molar-refractivity contribution in [1.29, 1.82) is 0 Å². The molecule has 0 unspecified atom stereocenters. The van der Waals surface area contributed by atoms with Gasteiger partial charge in [-0.3, -0.25) is 0 Å². The third-order valence-corrected chi connectivity index (χ3v) is 2.70. The van der Waals surface area contributed by atoms with E-state index in [0.717, 1.165) is 5.82 Å². The van der Waals surface area contributed by atoms with Gasteiger partial charge in [-0.1, -0.05) is 11.6 Å². The molecule has 0 saturated carbocycles. The van der Waals surface area contributed by atoms with Crippen LogP contribution in [0.5, 0.6) is 0 Å². The first-order chi connectivity index (χ1) is 6.03. The van der Waals surface area contributed by atoms with E-state index in [1.54, 1.807) is 7.11 Å². The molecular weight excluding hydrogens is 208 g/mol. The Morgan fingerprint density at radius 2 is 2.38 bits per heavy atom. The maximum absolute atomic E-state index is 5.68. The number of ether oxygens (including phenoxy) is 1. The minimum absolute atomic E-state index is 0.184. The average molecular weight is 221 g/mol. The fraction of sp³-hybridized carbons (Fsp3) is 0.625. The predicted molar refractivity (Wildman–Crippen MR) is 56.7 cm³/mol. The molecule has 74 valence electrons. The molecule has 13 heavy (non-hydrogen) atoms. The molecule has 1 aromatic heterocycles. The Morgan fingerprint density at radius 3 is 2.85 bits per heavy atom. The van der Waals surface area contributed by atoms with Gasteiger partial charge in [0, 0.05) is 19.0 Å². The highest BCUT2D eigenvalue weighted by molar-refractivity contribution is 7.14. The maximum atomic E-state index is 5.68. The number of nitrogens with one attached hydrogen (secondary N) is 1. The molecule has 3 nitrogen and oxygen atoms in total. The Morgan fingerprint density at radius 1 is 1.69 bits per heavy atom. The van der Waals surface area contributed by atoms with Crippen LogP contribution in [-0.2, 0) is 4.74 Å². The fourth-order valence-corrected chi connectivity index (χ4v) is 1.43. The van der Waals surface area contributed by atoms with Gasteiger partial charge in [0.1, 0.15) is 5.82 Å². The van der Waals surface area contributed by atoms with Crippen LogP contribution in [0.4, 0.5) is 5.82 Å². The summed E-state index contributed by atoms with van der Waals surface area (Å²) in [7, 11) is 1.69. The molecular formula is C8H13ClN2OS. The minimum atomic E-state index is -0.184. The van der Waals surface area contributed by atoms with Crippen molar-refractivity contribution < 1.29 is 4.74 Å². The van der Waals surface area contributed by atoms with Crippen LogP contribution in [0.25, 0.3) is 0 Å². The number of nitrogens with zero attached hydrogens (tertiary/aromatic N) is 1. The Hall–Kier alpha value is -0.320. The molecule has 0 bridgehead atoms. The van der Waals surface area contributed by atoms with Gasteiger partial charge in [-0.2, -0.15) is 0 Å². The highest BCUT2D eigenvalue weighted by Gasteiger charge is 2.15. The molecule has 1 heterocycles. The van der Waals surface area contributed by atoms with Crippen LogP contribution in [0.15, 0.2) is 5.38 Å². The zero-order chi connectivity index (χ0) is 9.90. The summed E-state index contributed by atoms with van der Waals surface area (Å²) in [5.41, 5.74) is -0.184. The van der Waals surface area contributed by atoms with E-state index < -0.39 is 0 Å². The molecule has 0 saturated heterocycles. The summed E-state index contributed by atoms with van der Waals surface area (Å²) >= 11 is 7.09. The third-order valence-electron chi connectivity index (χ3n) is 1.72. The molecule has 0 aromatic carbocycles. The molecule has 0 atom stereocenters. The van der Waals surface area contributed by atoms with Crippen molar-refractivity contribution >= 4 is 28.8 Å². The summed E-state index contributed by atoms with van der Waals surface area (Å²) in [4.78, 5) is 4.07. The summed E-state index contributed by atoms with van der Waals surface area (Å²) < 4.78 is 5.80. The number of hydrogen-bond acceptors (Lipinski definition) is 4. The zero-order valence-electron chi connectivity index (χ0n) is 7.93. The van der Waals surface area contributed by atoms with Crippen molar-refractivity contribution in [2.45, 2.75) is 19.4 Å². The van der Waals surface area contributed by atoms with Crippen molar-refractivity contribution in [2.24, 2.45) is 0 Å². The van der Waals surface area contributed by atoms with Crippen molar-refractivity contribution in [3.63, 3.8) is 0 Å². The van der Waals surface area contributed by atoms with E-state index in [9.17, 15) is 0 Å². The summed E-state index contributed by atoms with van der Waals surface area (Å²) in [5.74, 6) is 0.806. The van der Waals surface area contributed by atoms with E-state index in [4.69, 9.17) is 16.3 Å². The van der Waals surface area contributed by atoms with Gasteiger partial charge >= 0.3 is 0 Å². The van der Waals surface area contributed by atoms with E-state index in [1.807, 2.05) is 19.2 Å². The zero-order valence-corrected chi connectivity index (χ0v) is 9.50. The maximum Gasteiger partial charge on any atom is 0.185 e. The monoisotopic (exact) mass is 220 g/mol. The van der Waals surface area contributed by atoms with Crippen LogP contribution < -0.4 is 5.32 Å². The quantitative estimate of drug-likeness (QED) is 0.847. The number of halogens is 1. The second-order valence-electron chi connectivity index (χ2n) is 3.30. The van der Waals surface area contributed by atoms with Crippen LogP contribution in [0, 0.1) is 0 Å². The number of anilines is 1. The average Bonchev–Trinajstić information content (AvgIpc) is 2.48. The van der Waals surface area contributed by atoms with Gasteiger partial charge in [-0.25, -0.2) is 4.98 Å². The highest BCUT2D eigenvalue weighted by Crippen LogP contribution is 2.19. The van der Waals surface area contributed by atoms with E-state index in [2.05, 4.69) is 10.3 Å². The first-order valence-corrected chi connectivity index (χ1v) is 5.19. The van der Waals surface area contributed by atoms with Crippen LogP contribution >= 0.6 is 22.9 Å². The second kappa shape index (κ2) is 4.26. The van der Waals surface area contributed by atoms with Crippen LogP contribution in [0.2, 0.25) is 4.47 Å². The molecule has 1 aromatic rings. The van der Waals surface area contributed by atoms with Crippen molar-refractivity contribution in [2.75, 3.05) is 19.0 Å². The van der Waals surface area contributed by atoms with Crippen molar-refractivity contribution in [1.82, 2.24) is 4.98 Å². The molecule has 1 N–H and O–H groups in total. The lowest BCUT2D eigenvalue weighted by atomic mass is 10.1. The third kappa shape index (κ3) is 3.50. The van der Waals surface area contributed by atoms with Gasteiger partial charge in [0.15, 0.2) is 4.47 Å². The van der Waals surface area contributed by atoms with Gasteiger partial charge in [0.25, 0.3) is 0 Å². The van der Waals surface area contributed by atoms with Gasteiger partial charge in [-0.05, 0) is 13.8 Å². The Bertz CT molecular complexity index is 275. The standard InChI is InChI=1S/C8H13ClN2OS/c1-8(2,12-3)5-10-6-4-13-7(9)11-6/h4,10H,5H2,1-3H3. The van der Waals surface area contributed by atoms with Crippen LogP contribution in [0.3, 0.4) is 0 Å². The molecule has 0 amide bonds. The smallest absolute Gasteiger partial charge is 0.185 e. The Balaban J connectivity index is 2.43. The topological polar surface area (TPSA) is 34.1 Å². The van der Waals surface area contributed by atoms with Crippen molar-refractivity contribution in [3.05, 3.63) is 9.85 Å². The molecule has 0 radical (unpaired) electrons. The lowest BCUT2D eigenvalue weighted by Gasteiger charge is -2.22. The minimum Gasteiger partial charge on any atom is -0.377 e. The number of rotatable bonds is 4. The van der Waals surface area contributed by atoms with Crippen LogP contribution in [0.1, 0.15) is 13.8 Å². The van der Waals surface area contributed by atoms with Crippen LogP contribution in [-0.4, -0.2) is 24.2 Å². The van der Waals surface area contributed by atoms with Crippen molar-refractivity contribution in [3.8, 4) is 0 Å². The molecule has 1 rings (SSSR count). The number of thiazole rings is 1. The fourth-order valence-electron chi connectivity index (χ4n) is 0.709. The van der Waals surface area contributed by atoms with Gasteiger partial charge in [0.2, 0.25) is 0 Å². The first-order valence-electron chi connectivity index (χ1n) is 3.93. The second-order valence-corrected chi connectivity index (χ2v) is 4.74. The molecule has 0 aliphatic heterocycles. The van der Waals surface area contributed by atoms with Gasteiger partial charge in [-0.15, -0.1) is 11.3 Å². The molecule has 0 fully saturated rings. The van der Waals surface area contributed by atoms with E-state index in [1.165, 1.54) is 11.3 Å². The molecule has 0 aliphatic rings. The molecule has 0 aliphatic carbocycles. The normalized spacial score (nSPS) is 11.7. The van der Waals surface area contributed by atoms with E-state index in [-0.39, 0.29) is 5.60 Å². The summed E-state index contributed by atoms with van der Waals surface area (Å²) in [6.45, 7) is 4.73. The number of hydrogen-bond donors (Lipinski definition) is 1. The molecule has 5 heteroatoms. The number of aromatic nitrogens is 1. The largest absolute Gasteiger partial charge is 0.377 e. The SMILES string of the molecule is COC(C)(C)CNc1csc(Cl)n1. The van der Waals surface area contributed by atoms with Gasteiger partial charge in [0.05, 0.1) is 5.60 Å². The summed E-state index contributed by atoms with van der Waals surface area (Å²) in [5, 5.41) is 5.03. The Kier molecular flexibility index (Phi) is 3.53. The van der Waals surface area contributed by atoms with E-state index in [0.29, 0.717) is 11.0 Å². The predicted octanol–water partition coefficient (Wildman–Crippen LogP) is 2.63. The number of methoxy groups -OCH3 is 1. The lowest BCUT2D eigenvalue weighted by Crippen LogP contribution is -2.32. The van der Waals surface area contributed by atoms with Gasteiger partial charge < -0.3 is 10.1 Å². The molecule has 0 spiro atoms. The summed E-state index contributed by atoms with van der Waals surface area (Å²) in [6.07, 6.45) is 0. The summed E-state index contributed by atoms with van der Waals surface area (Å²) in [6, 6.07) is 0. The highest BCUT2D eigenvalue weighted by atomic mass is 35.5. The van der Waals surface area contributed by atoms with E-state index >= 15 is 0 Å². The Labute approximate surface area is 87.1 Å². The lowest BCUT2D eigenvalue weighted by molar-refractivity contribution is 0.0343.